The number of nitrogens with zero attached hydrogens (tertiary/aromatic N) is 2. The fraction of sp³-hybridized carbons (Fsp3) is 0.154. The Balaban J connectivity index is 1.93. The molecule has 4 rings (SSSR count). The topological polar surface area (TPSA) is 71.8 Å². The Morgan fingerprint density at radius 1 is 0.903 bits per heavy atom. The SMILES string of the molecule is COC(=O)[C@@H]([NH3+])Cc1cn(C(c2ccccc2)(c2ccccc2)c2ccccc2)cn1. The van der Waals surface area contributed by atoms with Crippen LogP contribution >= 0.6 is 0 Å². The van der Waals surface area contributed by atoms with Crippen molar-refractivity contribution in [3.63, 3.8) is 0 Å². The Morgan fingerprint density at radius 2 is 1.35 bits per heavy atom. The molecule has 0 spiro atoms. The van der Waals surface area contributed by atoms with Crippen LogP contribution in [0.25, 0.3) is 0 Å². The molecule has 5 heteroatoms. The number of ether oxygens (including phenoxy) is 1. The molecule has 0 bridgehead atoms. The number of quaternary nitrogens is 1. The minimum atomic E-state index is -0.614. The summed E-state index contributed by atoms with van der Waals surface area (Å²) in [5.74, 6) is -0.338. The quantitative estimate of drug-likeness (QED) is 0.375. The smallest absolute Gasteiger partial charge is 0.364 e. The lowest BCUT2D eigenvalue weighted by Gasteiger charge is -2.37. The van der Waals surface area contributed by atoms with Crippen LogP contribution in [-0.4, -0.2) is 28.7 Å². The average Bonchev–Trinajstić information content (AvgIpc) is 3.29. The van der Waals surface area contributed by atoms with Gasteiger partial charge in [0.25, 0.3) is 0 Å². The van der Waals surface area contributed by atoms with Crippen molar-refractivity contribution in [2.24, 2.45) is 0 Å². The minimum absolute atomic E-state index is 0.338. The highest BCUT2D eigenvalue weighted by Gasteiger charge is 2.38. The first-order valence-corrected chi connectivity index (χ1v) is 10.3. The van der Waals surface area contributed by atoms with Crippen LogP contribution in [0.3, 0.4) is 0 Å². The van der Waals surface area contributed by atoms with Gasteiger partial charge in [-0.15, -0.1) is 0 Å². The summed E-state index contributed by atoms with van der Waals surface area (Å²) in [6.45, 7) is 0. The van der Waals surface area contributed by atoms with Crippen LogP contribution in [0.1, 0.15) is 22.4 Å². The van der Waals surface area contributed by atoms with Crippen molar-refractivity contribution >= 4 is 5.97 Å². The van der Waals surface area contributed by atoms with Gasteiger partial charge in [0.1, 0.15) is 5.54 Å². The number of benzene rings is 3. The first-order valence-electron chi connectivity index (χ1n) is 10.3. The fourth-order valence-electron chi connectivity index (χ4n) is 4.14. The van der Waals surface area contributed by atoms with Crippen molar-refractivity contribution in [3.8, 4) is 0 Å². The highest BCUT2D eigenvalue weighted by atomic mass is 16.5. The molecule has 0 saturated heterocycles. The molecule has 3 N–H and O–H groups in total. The summed E-state index contributed by atoms with van der Waals surface area (Å²) in [5.41, 5.74) is 7.46. The standard InChI is InChI=1S/C26H25N3O2/c1-31-25(30)24(27)17-23-18-29(19-28-23)26(20-11-5-2-6-12-20,21-13-7-3-8-14-21)22-15-9-4-10-16-22/h2-16,18-19,24H,17,27H2,1H3/p+1/t24-/m0/s1. The molecule has 4 aromatic rings. The second-order valence-corrected chi connectivity index (χ2v) is 7.50. The van der Waals surface area contributed by atoms with Gasteiger partial charge in [-0.1, -0.05) is 91.0 Å². The molecule has 0 aliphatic rings. The maximum Gasteiger partial charge on any atom is 0.364 e. The number of carbonyl (C=O) groups excluding carboxylic acids is 1. The van der Waals surface area contributed by atoms with Crippen molar-refractivity contribution in [1.29, 1.82) is 0 Å². The molecule has 0 aliphatic heterocycles. The molecule has 0 radical (unpaired) electrons. The lowest BCUT2D eigenvalue weighted by molar-refractivity contribution is -0.407. The van der Waals surface area contributed by atoms with Crippen LogP contribution in [0.4, 0.5) is 0 Å². The van der Waals surface area contributed by atoms with E-state index in [4.69, 9.17) is 4.74 Å². The van der Waals surface area contributed by atoms with Gasteiger partial charge in [0.15, 0.2) is 6.04 Å². The summed E-state index contributed by atoms with van der Waals surface area (Å²) in [5, 5.41) is 0. The Bertz CT molecular complexity index is 1030. The number of methoxy groups -OCH3 is 1. The summed E-state index contributed by atoms with van der Waals surface area (Å²) < 4.78 is 6.96. The Hall–Kier alpha value is -3.70. The van der Waals surface area contributed by atoms with Gasteiger partial charge in [-0.05, 0) is 16.7 Å². The molecule has 5 nitrogen and oxygen atoms in total. The van der Waals surface area contributed by atoms with E-state index in [9.17, 15) is 4.79 Å². The first-order chi connectivity index (χ1) is 15.2. The predicted octanol–water partition coefficient (Wildman–Crippen LogP) is 3.05. The minimum Gasteiger partial charge on any atom is -0.465 e. The summed E-state index contributed by atoms with van der Waals surface area (Å²) in [6, 6.07) is 30.7. The fourth-order valence-corrected chi connectivity index (χ4v) is 4.14. The maximum absolute atomic E-state index is 11.9. The number of hydrogen-bond donors (Lipinski definition) is 1. The van der Waals surface area contributed by atoms with E-state index in [1.54, 1.807) is 0 Å². The monoisotopic (exact) mass is 412 g/mol. The van der Waals surface area contributed by atoms with Crippen LogP contribution in [0.15, 0.2) is 104 Å². The molecule has 0 fully saturated rings. The second-order valence-electron chi connectivity index (χ2n) is 7.50. The largest absolute Gasteiger partial charge is 0.465 e. The summed E-state index contributed by atoms with van der Waals surface area (Å²) in [4.78, 5) is 16.5. The Kier molecular flexibility index (Phi) is 5.96. The van der Waals surface area contributed by atoms with E-state index in [0.717, 1.165) is 22.4 Å². The van der Waals surface area contributed by atoms with E-state index in [2.05, 4.69) is 88.1 Å². The van der Waals surface area contributed by atoms with E-state index in [0.29, 0.717) is 6.42 Å². The van der Waals surface area contributed by atoms with Crippen molar-refractivity contribution < 1.29 is 15.3 Å². The van der Waals surface area contributed by atoms with Gasteiger partial charge < -0.3 is 15.0 Å². The first kappa shape index (κ1) is 20.6. The molecule has 0 unspecified atom stereocenters. The summed E-state index contributed by atoms with van der Waals surface area (Å²) >= 11 is 0. The molecule has 0 amide bonds. The van der Waals surface area contributed by atoms with Crippen LogP contribution < -0.4 is 5.73 Å². The third-order valence-electron chi connectivity index (χ3n) is 5.59. The number of esters is 1. The van der Waals surface area contributed by atoms with Crippen molar-refractivity contribution in [2.75, 3.05) is 7.11 Å². The third-order valence-corrected chi connectivity index (χ3v) is 5.59. The molecular weight excluding hydrogens is 386 g/mol. The second kappa shape index (κ2) is 8.98. The van der Waals surface area contributed by atoms with Gasteiger partial charge in [0.2, 0.25) is 0 Å². The molecule has 1 aromatic heterocycles. The molecule has 1 atom stereocenters. The highest BCUT2D eigenvalue weighted by molar-refractivity contribution is 5.74. The van der Waals surface area contributed by atoms with Crippen molar-refractivity contribution in [2.45, 2.75) is 18.0 Å². The Morgan fingerprint density at radius 3 is 1.77 bits per heavy atom. The van der Waals surface area contributed by atoms with Crippen LogP contribution in [0, 0.1) is 0 Å². The molecule has 1 heterocycles. The van der Waals surface area contributed by atoms with Gasteiger partial charge in [-0.3, -0.25) is 0 Å². The zero-order valence-electron chi connectivity index (χ0n) is 17.5. The van der Waals surface area contributed by atoms with Gasteiger partial charge >= 0.3 is 5.97 Å². The van der Waals surface area contributed by atoms with Crippen LogP contribution in [0.2, 0.25) is 0 Å². The van der Waals surface area contributed by atoms with Crippen LogP contribution in [0.5, 0.6) is 0 Å². The molecule has 156 valence electrons. The number of aromatic nitrogens is 2. The van der Waals surface area contributed by atoms with Crippen LogP contribution in [-0.2, 0) is 21.5 Å². The van der Waals surface area contributed by atoms with E-state index < -0.39 is 11.6 Å². The zero-order valence-corrected chi connectivity index (χ0v) is 17.5. The van der Waals surface area contributed by atoms with E-state index >= 15 is 0 Å². The van der Waals surface area contributed by atoms with E-state index in [-0.39, 0.29) is 5.97 Å². The summed E-state index contributed by atoms with van der Waals surface area (Å²) in [6.07, 6.45) is 4.26. The lowest BCUT2D eigenvalue weighted by atomic mass is 9.77. The third kappa shape index (κ3) is 3.88. The normalized spacial score (nSPS) is 12.3. The van der Waals surface area contributed by atoms with Crippen molar-refractivity contribution in [1.82, 2.24) is 9.55 Å². The number of hydrogen-bond acceptors (Lipinski definition) is 3. The lowest BCUT2D eigenvalue weighted by Crippen LogP contribution is -2.66. The zero-order chi connectivity index (χ0) is 21.7. The van der Waals surface area contributed by atoms with Gasteiger partial charge in [0.05, 0.1) is 25.6 Å². The van der Waals surface area contributed by atoms with Crippen molar-refractivity contribution in [3.05, 3.63) is 126 Å². The molecule has 31 heavy (non-hydrogen) atoms. The number of imidazole rings is 1. The maximum atomic E-state index is 11.9. The predicted molar refractivity (Wildman–Crippen MR) is 119 cm³/mol. The Labute approximate surface area is 182 Å². The molecule has 3 aromatic carbocycles. The molecule has 0 saturated carbocycles. The van der Waals surface area contributed by atoms with Gasteiger partial charge in [-0.25, -0.2) is 9.78 Å². The van der Waals surface area contributed by atoms with E-state index in [1.165, 1.54) is 7.11 Å². The number of carbonyl (C=O) groups is 1. The molecular formula is C26H26N3O2+. The van der Waals surface area contributed by atoms with Gasteiger partial charge in [-0.2, -0.15) is 0 Å². The molecule has 0 aliphatic carbocycles. The summed E-state index contributed by atoms with van der Waals surface area (Å²) in [7, 11) is 1.38. The average molecular weight is 413 g/mol. The van der Waals surface area contributed by atoms with Gasteiger partial charge in [0, 0.05) is 6.20 Å². The highest BCUT2D eigenvalue weighted by Crippen LogP contribution is 2.40. The van der Waals surface area contributed by atoms with E-state index in [1.807, 2.05) is 30.7 Å². The number of rotatable bonds is 7.